The maximum absolute atomic E-state index is 13.0. The highest BCUT2D eigenvalue weighted by molar-refractivity contribution is 5.92. The zero-order valence-electron chi connectivity index (χ0n) is 15.4. The molecule has 0 N–H and O–H groups in total. The molecule has 2 saturated heterocycles. The second-order valence-electron chi connectivity index (χ2n) is 7.30. The molecule has 0 aliphatic carbocycles. The van der Waals surface area contributed by atoms with E-state index in [-0.39, 0.29) is 11.7 Å². The predicted octanol–water partition coefficient (Wildman–Crippen LogP) is 2.37. The first-order valence-electron chi connectivity index (χ1n) is 9.60. The Kier molecular flexibility index (Phi) is 5.50. The number of aromatic nitrogens is 1. The van der Waals surface area contributed by atoms with Crippen LogP contribution in [-0.4, -0.2) is 64.9 Å². The second-order valence-corrected chi connectivity index (χ2v) is 7.30. The number of rotatable bonds is 5. The molecule has 0 saturated carbocycles. The van der Waals surface area contributed by atoms with Crippen LogP contribution in [-0.2, 0) is 13.1 Å². The molecule has 7 heteroatoms. The first-order chi connectivity index (χ1) is 13.2. The third-order valence-corrected chi connectivity index (χ3v) is 5.31. The Morgan fingerprint density at radius 2 is 1.59 bits per heavy atom. The average molecular weight is 372 g/mol. The number of nitrogens with zero attached hydrogens (tertiary/aromatic N) is 4. The molecule has 0 spiro atoms. The molecule has 1 amide bonds. The molecule has 0 atom stereocenters. The van der Waals surface area contributed by atoms with E-state index >= 15 is 0 Å². The van der Waals surface area contributed by atoms with Gasteiger partial charge in [-0.05, 0) is 30.5 Å². The van der Waals surface area contributed by atoms with Crippen molar-refractivity contribution in [1.29, 1.82) is 0 Å². The lowest BCUT2D eigenvalue weighted by atomic mass is 10.2. The van der Waals surface area contributed by atoms with Crippen LogP contribution >= 0.6 is 0 Å². The molecule has 6 nitrogen and oxygen atoms in total. The van der Waals surface area contributed by atoms with E-state index < -0.39 is 0 Å². The Morgan fingerprint density at radius 1 is 0.963 bits per heavy atom. The van der Waals surface area contributed by atoms with Gasteiger partial charge in [-0.3, -0.25) is 14.6 Å². The van der Waals surface area contributed by atoms with Crippen molar-refractivity contribution >= 4 is 5.91 Å². The van der Waals surface area contributed by atoms with Gasteiger partial charge in [0.05, 0.1) is 6.54 Å². The summed E-state index contributed by atoms with van der Waals surface area (Å²) in [6.45, 7) is 6.81. The van der Waals surface area contributed by atoms with Crippen molar-refractivity contribution in [3.8, 4) is 0 Å². The smallest absolute Gasteiger partial charge is 0.275 e. The summed E-state index contributed by atoms with van der Waals surface area (Å²) in [5, 5.41) is 0. The van der Waals surface area contributed by atoms with Crippen molar-refractivity contribution in [2.75, 3.05) is 39.3 Å². The summed E-state index contributed by atoms with van der Waals surface area (Å²) in [5.74, 6) is 0.383. The zero-order valence-corrected chi connectivity index (χ0v) is 15.4. The summed E-state index contributed by atoms with van der Waals surface area (Å²) in [7, 11) is 0. The fourth-order valence-corrected chi connectivity index (χ4v) is 3.71. The lowest BCUT2D eigenvalue weighted by Gasteiger charge is -2.34. The van der Waals surface area contributed by atoms with Crippen LogP contribution in [0.2, 0.25) is 0 Å². The number of amides is 1. The van der Waals surface area contributed by atoms with E-state index in [1.54, 1.807) is 0 Å². The Morgan fingerprint density at radius 3 is 2.26 bits per heavy atom. The zero-order chi connectivity index (χ0) is 18.6. The molecular formula is C20H25FN4O2. The lowest BCUT2D eigenvalue weighted by molar-refractivity contribution is 0.0786. The van der Waals surface area contributed by atoms with Crippen LogP contribution in [0.5, 0.6) is 0 Å². The van der Waals surface area contributed by atoms with Gasteiger partial charge in [0.25, 0.3) is 5.91 Å². The Bertz CT molecular complexity index is 763. The van der Waals surface area contributed by atoms with Crippen molar-refractivity contribution in [2.45, 2.75) is 25.9 Å². The Hall–Kier alpha value is -2.25. The van der Waals surface area contributed by atoms with Gasteiger partial charge in [0.2, 0.25) is 5.89 Å². The highest BCUT2D eigenvalue weighted by Crippen LogP contribution is 2.15. The number of piperazine rings is 1. The monoisotopic (exact) mass is 372 g/mol. The Balaban J connectivity index is 1.25. The number of benzene rings is 1. The molecule has 144 valence electrons. The Labute approximate surface area is 158 Å². The number of hydrogen-bond acceptors (Lipinski definition) is 5. The highest BCUT2D eigenvalue weighted by Gasteiger charge is 2.24. The number of halogens is 1. The maximum atomic E-state index is 13.0. The van der Waals surface area contributed by atoms with Crippen LogP contribution in [0.4, 0.5) is 4.39 Å². The molecule has 0 radical (unpaired) electrons. The number of carbonyl (C=O) groups excluding carboxylic acids is 1. The van der Waals surface area contributed by atoms with Crippen LogP contribution in [0.1, 0.15) is 34.8 Å². The SMILES string of the molecule is O=C(c1coc(CN2CCN(Cc3ccc(F)cc3)CC2)n1)N1CCCC1. The van der Waals surface area contributed by atoms with E-state index in [1.807, 2.05) is 17.0 Å². The van der Waals surface area contributed by atoms with Gasteiger partial charge in [0, 0.05) is 45.8 Å². The van der Waals surface area contributed by atoms with Crippen LogP contribution in [0.25, 0.3) is 0 Å². The number of oxazole rings is 1. The quantitative estimate of drug-likeness (QED) is 0.807. The van der Waals surface area contributed by atoms with Gasteiger partial charge in [-0.1, -0.05) is 12.1 Å². The normalized spacial score (nSPS) is 18.9. The molecule has 2 aliphatic rings. The number of likely N-dealkylation sites (tertiary alicyclic amines) is 1. The van der Waals surface area contributed by atoms with Gasteiger partial charge in [-0.2, -0.15) is 0 Å². The third-order valence-electron chi connectivity index (χ3n) is 5.31. The van der Waals surface area contributed by atoms with Gasteiger partial charge >= 0.3 is 0 Å². The molecular weight excluding hydrogens is 347 g/mol. The van der Waals surface area contributed by atoms with Crippen LogP contribution in [0.3, 0.4) is 0 Å². The summed E-state index contributed by atoms with van der Waals surface area (Å²) >= 11 is 0. The minimum atomic E-state index is -0.197. The first-order valence-corrected chi connectivity index (χ1v) is 9.60. The fourth-order valence-electron chi connectivity index (χ4n) is 3.71. The van der Waals surface area contributed by atoms with Crippen molar-refractivity contribution in [2.24, 2.45) is 0 Å². The summed E-state index contributed by atoms with van der Waals surface area (Å²) in [4.78, 5) is 23.2. The van der Waals surface area contributed by atoms with Gasteiger partial charge < -0.3 is 9.32 Å². The summed E-state index contributed by atoms with van der Waals surface area (Å²) in [6.07, 6.45) is 3.62. The number of hydrogen-bond donors (Lipinski definition) is 0. The molecule has 0 unspecified atom stereocenters. The fraction of sp³-hybridized carbons (Fsp3) is 0.500. The molecule has 2 aliphatic heterocycles. The van der Waals surface area contributed by atoms with E-state index in [1.165, 1.54) is 18.4 Å². The van der Waals surface area contributed by atoms with Crippen molar-refractivity contribution < 1.29 is 13.6 Å². The van der Waals surface area contributed by atoms with Crippen molar-refractivity contribution in [1.82, 2.24) is 19.7 Å². The minimum absolute atomic E-state index is 0.0217. The molecule has 1 aromatic carbocycles. The van der Waals surface area contributed by atoms with Crippen LogP contribution < -0.4 is 0 Å². The largest absolute Gasteiger partial charge is 0.447 e. The van der Waals surface area contributed by atoms with E-state index in [0.717, 1.165) is 64.2 Å². The van der Waals surface area contributed by atoms with Crippen LogP contribution in [0.15, 0.2) is 34.9 Å². The first kappa shape index (κ1) is 18.1. The third kappa shape index (κ3) is 4.54. The average Bonchev–Trinajstić information content (AvgIpc) is 3.37. The standard InChI is InChI=1S/C20H25FN4O2/c21-17-5-3-16(4-6-17)13-23-9-11-24(12-10-23)14-19-22-18(15-27-19)20(26)25-7-1-2-8-25/h3-6,15H,1-2,7-14H2. The van der Waals surface area contributed by atoms with Crippen molar-refractivity contribution in [3.05, 3.63) is 53.5 Å². The van der Waals surface area contributed by atoms with Crippen molar-refractivity contribution in [3.63, 3.8) is 0 Å². The topological polar surface area (TPSA) is 52.8 Å². The molecule has 2 aromatic rings. The van der Waals surface area contributed by atoms with Gasteiger partial charge in [0.1, 0.15) is 12.1 Å². The molecule has 1 aromatic heterocycles. The number of carbonyl (C=O) groups is 1. The van der Waals surface area contributed by atoms with E-state index in [9.17, 15) is 9.18 Å². The van der Waals surface area contributed by atoms with Gasteiger partial charge in [-0.25, -0.2) is 9.37 Å². The van der Waals surface area contributed by atoms with E-state index in [4.69, 9.17) is 4.42 Å². The minimum Gasteiger partial charge on any atom is -0.447 e. The lowest BCUT2D eigenvalue weighted by Crippen LogP contribution is -2.45. The van der Waals surface area contributed by atoms with Gasteiger partial charge in [0.15, 0.2) is 5.69 Å². The molecule has 4 rings (SSSR count). The van der Waals surface area contributed by atoms with Crippen LogP contribution in [0, 0.1) is 5.82 Å². The summed E-state index contributed by atoms with van der Waals surface area (Å²) in [5.41, 5.74) is 1.55. The van der Waals surface area contributed by atoms with E-state index in [2.05, 4.69) is 14.8 Å². The summed E-state index contributed by atoms with van der Waals surface area (Å²) < 4.78 is 18.5. The van der Waals surface area contributed by atoms with E-state index in [0.29, 0.717) is 18.1 Å². The highest BCUT2D eigenvalue weighted by atomic mass is 19.1. The maximum Gasteiger partial charge on any atom is 0.275 e. The molecule has 27 heavy (non-hydrogen) atoms. The molecule has 0 bridgehead atoms. The second kappa shape index (κ2) is 8.19. The summed E-state index contributed by atoms with van der Waals surface area (Å²) in [6, 6.07) is 6.70. The molecule has 2 fully saturated rings. The molecule has 3 heterocycles. The predicted molar refractivity (Wildman–Crippen MR) is 98.6 cm³/mol. The van der Waals surface area contributed by atoms with Gasteiger partial charge in [-0.15, -0.1) is 0 Å².